The van der Waals surface area contributed by atoms with Gasteiger partial charge in [0.05, 0.1) is 12.6 Å². The van der Waals surface area contributed by atoms with Gasteiger partial charge >= 0.3 is 0 Å². The topological polar surface area (TPSA) is 50.4 Å². The summed E-state index contributed by atoms with van der Waals surface area (Å²) < 4.78 is 5.39. The molecule has 20 heavy (non-hydrogen) atoms. The van der Waals surface area contributed by atoms with E-state index in [0.29, 0.717) is 25.2 Å². The van der Waals surface area contributed by atoms with E-state index in [1.165, 1.54) is 6.42 Å². The molecule has 0 heterocycles. The molecule has 1 aliphatic rings. The average molecular weight is 276 g/mol. The van der Waals surface area contributed by atoms with Gasteiger partial charge < -0.3 is 15.4 Å². The Morgan fingerprint density at radius 1 is 1.30 bits per heavy atom. The number of amides is 1. The molecule has 1 aromatic carbocycles. The van der Waals surface area contributed by atoms with Crippen molar-refractivity contribution in [1.29, 1.82) is 0 Å². The van der Waals surface area contributed by atoms with Gasteiger partial charge in [-0.1, -0.05) is 30.3 Å². The fourth-order valence-electron chi connectivity index (χ4n) is 2.64. The van der Waals surface area contributed by atoms with Gasteiger partial charge in [-0.15, -0.1) is 0 Å². The highest BCUT2D eigenvalue weighted by molar-refractivity contribution is 5.78. The molecule has 1 aromatic rings. The summed E-state index contributed by atoms with van der Waals surface area (Å²) in [4.78, 5) is 11.8. The second-order valence-corrected chi connectivity index (χ2v) is 5.36. The molecule has 2 unspecified atom stereocenters. The number of hydrogen-bond donors (Lipinski definition) is 2. The summed E-state index contributed by atoms with van der Waals surface area (Å²) in [5.41, 5.74) is 1.12. The van der Waals surface area contributed by atoms with Gasteiger partial charge in [0.1, 0.15) is 0 Å². The maximum absolute atomic E-state index is 11.8. The summed E-state index contributed by atoms with van der Waals surface area (Å²) in [6, 6.07) is 10.4. The molecule has 1 fully saturated rings. The van der Waals surface area contributed by atoms with Gasteiger partial charge in [-0.2, -0.15) is 0 Å². The Hall–Kier alpha value is -1.39. The van der Waals surface area contributed by atoms with Gasteiger partial charge in [0.25, 0.3) is 0 Å². The number of carbonyl (C=O) groups is 1. The number of carbonyl (C=O) groups excluding carboxylic acids is 1. The minimum Gasteiger partial charge on any atom is -0.381 e. The molecule has 2 rings (SSSR count). The van der Waals surface area contributed by atoms with Crippen LogP contribution in [0.15, 0.2) is 30.3 Å². The lowest BCUT2D eigenvalue weighted by molar-refractivity contribution is -0.120. The first-order valence-electron chi connectivity index (χ1n) is 7.34. The van der Waals surface area contributed by atoms with Crippen LogP contribution in [0.3, 0.4) is 0 Å². The Kier molecular flexibility index (Phi) is 6.02. The maximum atomic E-state index is 11.8. The Morgan fingerprint density at radius 2 is 2.10 bits per heavy atom. The van der Waals surface area contributed by atoms with Gasteiger partial charge in [0.2, 0.25) is 5.91 Å². The van der Waals surface area contributed by atoms with Crippen LogP contribution in [0.1, 0.15) is 31.2 Å². The molecule has 1 saturated carbocycles. The molecule has 0 saturated heterocycles. The molecule has 0 aliphatic heterocycles. The summed E-state index contributed by atoms with van der Waals surface area (Å²) in [5.74, 6) is 0.0494. The molecule has 1 aliphatic carbocycles. The van der Waals surface area contributed by atoms with Crippen LogP contribution in [0.2, 0.25) is 0 Å². The van der Waals surface area contributed by atoms with Crippen molar-refractivity contribution in [1.82, 2.24) is 10.6 Å². The number of benzene rings is 1. The molecule has 0 bridgehead atoms. The molecule has 4 nitrogen and oxygen atoms in total. The quantitative estimate of drug-likeness (QED) is 0.833. The molecule has 0 spiro atoms. The zero-order valence-electron chi connectivity index (χ0n) is 12.1. The van der Waals surface area contributed by atoms with E-state index in [9.17, 15) is 4.79 Å². The normalized spacial score (nSPS) is 22.4. The molecular formula is C16H24N2O2. The van der Waals surface area contributed by atoms with E-state index in [1.54, 1.807) is 7.11 Å². The summed E-state index contributed by atoms with van der Waals surface area (Å²) in [6.45, 7) is 0.973. The first kappa shape index (κ1) is 15.0. The van der Waals surface area contributed by atoms with E-state index in [4.69, 9.17) is 4.74 Å². The Morgan fingerprint density at radius 3 is 2.85 bits per heavy atom. The van der Waals surface area contributed by atoms with Gasteiger partial charge in [-0.05, 0) is 31.2 Å². The standard InChI is InChI=1S/C16H24N2O2/c1-20-15-9-5-8-14(10-15)17-12-16(19)18-11-13-6-3-2-4-7-13/h2-4,6-7,14-15,17H,5,8-12H2,1H3,(H,18,19). The minimum absolute atomic E-state index is 0.0494. The van der Waals surface area contributed by atoms with Crippen molar-refractivity contribution in [3.63, 3.8) is 0 Å². The molecule has 0 aromatic heterocycles. The SMILES string of the molecule is COC1CCCC(NCC(=O)NCc2ccccc2)C1. The highest BCUT2D eigenvalue weighted by Gasteiger charge is 2.21. The summed E-state index contributed by atoms with van der Waals surface area (Å²) >= 11 is 0. The average Bonchev–Trinajstić information content (AvgIpc) is 2.52. The third kappa shape index (κ3) is 4.94. The van der Waals surface area contributed by atoms with Crippen LogP contribution in [0, 0.1) is 0 Å². The van der Waals surface area contributed by atoms with Crippen molar-refractivity contribution >= 4 is 5.91 Å². The molecular weight excluding hydrogens is 252 g/mol. The zero-order valence-corrected chi connectivity index (χ0v) is 12.1. The number of hydrogen-bond acceptors (Lipinski definition) is 3. The molecule has 2 atom stereocenters. The first-order valence-corrected chi connectivity index (χ1v) is 7.34. The first-order chi connectivity index (χ1) is 9.78. The van der Waals surface area contributed by atoms with E-state index in [0.717, 1.165) is 24.8 Å². The third-order valence-electron chi connectivity index (χ3n) is 3.84. The van der Waals surface area contributed by atoms with Gasteiger partial charge in [0, 0.05) is 19.7 Å². The van der Waals surface area contributed by atoms with Crippen LogP contribution in [0.25, 0.3) is 0 Å². The Balaban J connectivity index is 1.65. The molecule has 2 N–H and O–H groups in total. The lowest BCUT2D eigenvalue weighted by atomic mass is 9.93. The fourth-order valence-corrected chi connectivity index (χ4v) is 2.64. The minimum atomic E-state index is 0.0494. The van der Waals surface area contributed by atoms with Gasteiger partial charge in [-0.25, -0.2) is 0 Å². The van der Waals surface area contributed by atoms with E-state index in [2.05, 4.69) is 10.6 Å². The summed E-state index contributed by atoms with van der Waals surface area (Å²) in [5, 5.41) is 6.26. The van der Waals surface area contributed by atoms with Gasteiger partial charge in [0.15, 0.2) is 0 Å². The highest BCUT2D eigenvalue weighted by Crippen LogP contribution is 2.20. The highest BCUT2D eigenvalue weighted by atomic mass is 16.5. The predicted octanol–water partition coefficient (Wildman–Crippen LogP) is 1.85. The van der Waals surface area contributed by atoms with Crippen molar-refractivity contribution < 1.29 is 9.53 Å². The van der Waals surface area contributed by atoms with Crippen LogP contribution >= 0.6 is 0 Å². The van der Waals surface area contributed by atoms with Crippen molar-refractivity contribution in [2.24, 2.45) is 0 Å². The maximum Gasteiger partial charge on any atom is 0.234 e. The molecule has 1 amide bonds. The monoisotopic (exact) mass is 276 g/mol. The summed E-state index contributed by atoms with van der Waals surface area (Å²) in [7, 11) is 1.76. The van der Waals surface area contributed by atoms with Crippen LogP contribution in [-0.4, -0.2) is 31.7 Å². The smallest absolute Gasteiger partial charge is 0.234 e. The number of methoxy groups -OCH3 is 1. The second kappa shape index (κ2) is 8.02. The van der Waals surface area contributed by atoms with Crippen molar-refractivity contribution in [2.75, 3.05) is 13.7 Å². The van der Waals surface area contributed by atoms with Crippen molar-refractivity contribution in [2.45, 2.75) is 44.4 Å². The Labute approximate surface area is 120 Å². The fraction of sp³-hybridized carbons (Fsp3) is 0.562. The third-order valence-corrected chi connectivity index (χ3v) is 3.84. The van der Waals surface area contributed by atoms with E-state index in [1.807, 2.05) is 30.3 Å². The lowest BCUT2D eigenvalue weighted by Gasteiger charge is -2.28. The largest absolute Gasteiger partial charge is 0.381 e. The zero-order chi connectivity index (χ0) is 14.2. The Bertz CT molecular complexity index is 408. The van der Waals surface area contributed by atoms with E-state index < -0.39 is 0 Å². The van der Waals surface area contributed by atoms with Crippen LogP contribution in [0.5, 0.6) is 0 Å². The lowest BCUT2D eigenvalue weighted by Crippen LogP contribution is -2.42. The second-order valence-electron chi connectivity index (χ2n) is 5.36. The van der Waals surface area contributed by atoms with E-state index in [-0.39, 0.29) is 5.91 Å². The van der Waals surface area contributed by atoms with Crippen molar-refractivity contribution in [3.05, 3.63) is 35.9 Å². The van der Waals surface area contributed by atoms with Crippen LogP contribution in [0.4, 0.5) is 0 Å². The van der Waals surface area contributed by atoms with Gasteiger partial charge in [-0.3, -0.25) is 4.79 Å². The summed E-state index contributed by atoms with van der Waals surface area (Å²) in [6.07, 6.45) is 4.78. The predicted molar refractivity (Wildman–Crippen MR) is 79.3 cm³/mol. The molecule has 4 heteroatoms. The molecule has 0 radical (unpaired) electrons. The number of ether oxygens (including phenoxy) is 1. The van der Waals surface area contributed by atoms with Crippen molar-refractivity contribution in [3.8, 4) is 0 Å². The molecule has 110 valence electrons. The van der Waals surface area contributed by atoms with Crippen LogP contribution < -0.4 is 10.6 Å². The number of nitrogens with one attached hydrogen (secondary N) is 2. The number of rotatable bonds is 6. The van der Waals surface area contributed by atoms with Crippen LogP contribution in [-0.2, 0) is 16.1 Å². The van der Waals surface area contributed by atoms with E-state index >= 15 is 0 Å².